The topological polar surface area (TPSA) is 25.8 Å². The van der Waals surface area contributed by atoms with Crippen LogP contribution in [0.25, 0.3) is 21.6 Å². The van der Waals surface area contributed by atoms with E-state index in [2.05, 4.69) is 40.0 Å². The number of halogens is 2. The Morgan fingerprint density at radius 1 is 1.20 bits per heavy atom. The second-order valence-corrected chi connectivity index (χ2v) is 6.93. The Morgan fingerprint density at radius 2 is 2.00 bits per heavy atom. The molecule has 3 rings (SSSR count). The van der Waals surface area contributed by atoms with Crippen LogP contribution < -0.4 is 0 Å². The average molecular weight is 368 g/mol. The summed E-state index contributed by atoms with van der Waals surface area (Å²) in [6.07, 6.45) is 1.02. The summed E-state index contributed by atoms with van der Waals surface area (Å²) in [6.45, 7) is 4.18. The highest BCUT2D eigenvalue weighted by Crippen LogP contribution is 2.34. The minimum absolute atomic E-state index is 0.493. The molecule has 0 saturated heterocycles. The van der Waals surface area contributed by atoms with Gasteiger partial charge in [-0.3, -0.25) is 0 Å². The van der Waals surface area contributed by atoms with Crippen molar-refractivity contribution in [1.82, 2.24) is 9.97 Å². The van der Waals surface area contributed by atoms with Gasteiger partial charge in [0.2, 0.25) is 0 Å². The van der Waals surface area contributed by atoms with E-state index in [9.17, 15) is 0 Å². The first-order chi connectivity index (χ1) is 9.60. The first-order valence-corrected chi connectivity index (χ1v) is 8.30. The van der Waals surface area contributed by atoms with Gasteiger partial charge in [-0.2, -0.15) is 0 Å². The third kappa shape index (κ3) is 2.36. The molecule has 0 amide bonds. The van der Waals surface area contributed by atoms with Gasteiger partial charge in [-0.25, -0.2) is 9.97 Å². The van der Waals surface area contributed by atoms with Crippen molar-refractivity contribution < 1.29 is 0 Å². The van der Waals surface area contributed by atoms with Gasteiger partial charge in [0.05, 0.1) is 15.8 Å². The molecule has 0 fully saturated rings. The lowest BCUT2D eigenvalue weighted by molar-refractivity contribution is 1.19. The number of hydrogen-bond acceptors (Lipinski definition) is 3. The van der Waals surface area contributed by atoms with E-state index < -0.39 is 0 Å². The van der Waals surface area contributed by atoms with Crippen LogP contribution in [0, 0.1) is 6.92 Å². The van der Waals surface area contributed by atoms with Crippen LogP contribution in [0.5, 0.6) is 0 Å². The van der Waals surface area contributed by atoms with Crippen molar-refractivity contribution in [3.8, 4) is 10.7 Å². The summed E-state index contributed by atoms with van der Waals surface area (Å²) in [7, 11) is 0. The highest BCUT2D eigenvalue weighted by molar-refractivity contribution is 9.10. The second kappa shape index (κ2) is 5.43. The van der Waals surface area contributed by atoms with E-state index in [4.69, 9.17) is 16.6 Å². The molecule has 0 aliphatic heterocycles. The van der Waals surface area contributed by atoms with Gasteiger partial charge >= 0.3 is 0 Å². The molecule has 20 heavy (non-hydrogen) atoms. The monoisotopic (exact) mass is 366 g/mol. The molecule has 5 heteroatoms. The predicted molar refractivity (Wildman–Crippen MR) is 89.7 cm³/mol. The number of fused-ring (bicyclic) bond motifs is 1. The molecular weight excluding hydrogens is 356 g/mol. The van der Waals surface area contributed by atoms with Crippen LogP contribution >= 0.6 is 38.9 Å². The second-order valence-electron chi connectivity index (χ2n) is 4.55. The molecule has 102 valence electrons. The van der Waals surface area contributed by atoms with Gasteiger partial charge in [0, 0.05) is 9.35 Å². The summed E-state index contributed by atoms with van der Waals surface area (Å²) in [5.74, 6) is 0.702. The maximum absolute atomic E-state index is 6.35. The largest absolute Gasteiger partial charge is 0.227 e. The number of hydrogen-bond donors (Lipinski definition) is 0. The summed E-state index contributed by atoms with van der Waals surface area (Å²) >= 11 is 11.6. The van der Waals surface area contributed by atoms with E-state index in [-0.39, 0.29) is 0 Å². The minimum atomic E-state index is 0.493. The minimum Gasteiger partial charge on any atom is -0.227 e. The Kier molecular flexibility index (Phi) is 3.80. The molecule has 2 aromatic heterocycles. The van der Waals surface area contributed by atoms with Gasteiger partial charge in [0.15, 0.2) is 5.82 Å². The smallest absolute Gasteiger partial charge is 0.171 e. The number of rotatable bonds is 2. The van der Waals surface area contributed by atoms with E-state index in [1.807, 2.05) is 19.1 Å². The fraction of sp³-hybridized carbons (Fsp3) is 0.200. The maximum atomic E-state index is 6.35. The van der Waals surface area contributed by atoms with E-state index >= 15 is 0 Å². The van der Waals surface area contributed by atoms with E-state index in [1.54, 1.807) is 11.3 Å². The number of aromatic nitrogens is 2. The highest BCUT2D eigenvalue weighted by atomic mass is 79.9. The van der Waals surface area contributed by atoms with Crippen molar-refractivity contribution in [2.75, 3.05) is 0 Å². The van der Waals surface area contributed by atoms with E-state index in [1.165, 1.54) is 4.88 Å². The summed E-state index contributed by atoms with van der Waals surface area (Å²) in [4.78, 5) is 11.5. The molecule has 0 bridgehead atoms. The molecule has 0 N–H and O–H groups in total. The van der Waals surface area contributed by atoms with Crippen molar-refractivity contribution in [2.24, 2.45) is 0 Å². The van der Waals surface area contributed by atoms with E-state index in [0.717, 1.165) is 32.2 Å². The van der Waals surface area contributed by atoms with E-state index in [0.29, 0.717) is 11.0 Å². The Hall–Kier alpha value is -0.970. The Labute approximate surface area is 135 Å². The molecule has 2 heterocycles. The van der Waals surface area contributed by atoms with Crippen LogP contribution in [0.4, 0.5) is 0 Å². The summed E-state index contributed by atoms with van der Waals surface area (Å²) in [5.41, 5.74) is 2.00. The zero-order valence-corrected chi connectivity index (χ0v) is 14.2. The first kappa shape index (κ1) is 14.0. The molecule has 1 aromatic carbocycles. The van der Waals surface area contributed by atoms with Gasteiger partial charge in [0.1, 0.15) is 5.15 Å². The van der Waals surface area contributed by atoms with Crippen molar-refractivity contribution in [2.45, 2.75) is 20.3 Å². The Morgan fingerprint density at radius 3 is 2.70 bits per heavy atom. The molecule has 0 aliphatic carbocycles. The third-order valence-electron chi connectivity index (χ3n) is 3.19. The van der Waals surface area contributed by atoms with Crippen molar-refractivity contribution in [3.05, 3.63) is 44.3 Å². The molecular formula is C15H12BrClN2S. The number of benzene rings is 1. The molecule has 2 nitrogen and oxygen atoms in total. The molecule has 0 unspecified atom stereocenters. The number of nitrogens with zero attached hydrogens (tertiary/aromatic N) is 2. The predicted octanol–water partition coefficient (Wildman–Crippen LogP) is 5.65. The standard InChI is InChI=1S/C15H12BrClN2S/c1-3-9-5-7-11(20-9)15-18-13-8(2)4-6-10(16)12(13)14(17)19-15/h4-7H,3H2,1-2H3. The summed E-state index contributed by atoms with van der Waals surface area (Å²) in [6, 6.07) is 8.20. The van der Waals surface area contributed by atoms with Crippen molar-refractivity contribution >= 4 is 49.8 Å². The SMILES string of the molecule is CCc1ccc(-c2nc(Cl)c3c(Br)ccc(C)c3n2)s1. The third-order valence-corrected chi connectivity index (χ3v) is 5.35. The average Bonchev–Trinajstić information content (AvgIpc) is 2.91. The molecule has 0 atom stereocenters. The molecule has 0 radical (unpaired) electrons. The van der Waals surface area contributed by atoms with Crippen LogP contribution in [-0.4, -0.2) is 9.97 Å². The quantitative estimate of drug-likeness (QED) is 0.547. The first-order valence-electron chi connectivity index (χ1n) is 6.31. The fourth-order valence-corrected chi connectivity index (χ4v) is 3.86. The lowest BCUT2D eigenvalue weighted by Crippen LogP contribution is -1.93. The molecule has 0 aliphatic rings. The lowest BCUT2D eigenvalue weighted by Gasteiger charge is -2.07. The van der Waals surface area contributed by atoms with Crippen LogP contribution in [0.3, 0.4) is 0 Å². The normalized spacial score (nSPS) is 11.2. The molecule has 3 aromatic rings. The van der Waals surface area contributed by atoms with Crippen molar-refractivity contribution in [3.63, 3.8) is 0 Å². The van der Waals surface area contributed by atoms with Gasteiger partial charge in [0.25, 0.3) is 0 Å². The van der Waals surface area contributed by atoms with Gasteiger partial charge in [-0.05, 0) is 53.0 Å². The summed E-state index contributed by atoms with van der Waals surface area (Å²) in [5, 5.41) is 1.37. The van der Waals surface area contributed by atoms with Gasteiger partial charge in [-0.1, -0.05) is 24.6 Å². The summed E-state index contributed by atoms with van der Waals surface area (Å²) < 4.78 is 0.926. The molecule has 0 saturated carbocycles. The highest BCUT2D eigenvalue weighted by Gasteiger charge is 2.13. The Balaban J connectivity index is 2.26. The zero-order chi connectivity index (χ0) is 14.3. The maximum Gasteiger partial charge on any atom is 0.171 e. The van der Waals surface area contributed by atoms with Crippen LogP contribution in [0.1, 0.15) is 17.4 Å². The van der Waals surface area contributed by atoms with Gasteiger partial charge in [-0.15, -0.1) is 11.3 Å². The number of thiophene rings is 1. The van der Waals surface area contributed by atoms with Crippen LogP contribution in [-0.2, 0) is 6.42 Å². The molecule has 0 spiro atoms. The zero-order valence-electron chi connectivity index (χ0n) is 11.1. The van der Waals surface area contributed by atoms with Crippen LogP contribution in [0.15, 0.2) is 28.7 Å². The fourth-order valence-electron chi connectivity index (χ4n) is 2.09. The number of aryl methyl sites for hydroxylation is 2. The van der Waals surface area contributed by atoms with Crippen LogP contribution in [0.2, 0.25) is 5.15 Å². The lowest BCUT2D eigenvalue weighted by atomic mass is 10.1. The Bertz CT molecular complexity index is 798. The van der Waals surface area contributed by atoms with Gasteiger partial charge < -0.3 is 0 Å². The van der Waals surface area contributed by atoms with Crippen molar-refractivity contribution in [1.29, 1.82) is 0 Å².